The average molecular weight is 500 g/mol. The van der Waals surface area contributed by atoms with Crippen molar-refractivity contribution in [2.75, 3.05) is 6.79 Å². The van der Waals surface area contributed by atoms with Gasteiger partial charge in [0.2, 0.25) is 5.78 Å². The van der Waals surface area contributed by atoms with Crippen LogP contribution in [0, 0.1) is 0 Å². The van der Waals surface area contributed by atoms with E-state index in [4.69, 9.17) is 30.5 Å². The summed E-state index contributed by atoms with van der Waals surface area (Å²) in [5.41, 5.74) is 3.03. The zero-order chi connectivity index (χ0) is 21.4. The van der Waals surface area contributed by atoms with Crippen LogP contribution >= 0.6 is 27.5 Å². The summed E-state index contributed by atoms with van der Waals surface area (Å²) < 4.78 is 23.7. The molecule has 156 valence electrons. The minimum Gasteiger partial charge on any atom is -0.489 e. The molecule has 0 atom stereocenters. The average Bonchev–Trinajstić information content (AvgIpc) is 3.08. The van der Waals surface area contributed by atoms with Gasteiger partial charge in [0.15, 0.2) is 12.6 Å². The molecule has 0 radical (unpaired) electrons. The van der Waals surface area contributed by atoms with Gasteiger partial charge in [-0.25, -0.2) is 0 Å². The number of rotatable bonds is 4. The fraction of sp³-hybridized carbons (Fsp3) is 0.125. The number of hydrogen-bond acceptors (Lipinski definition) is 5. The molecular formula is C24H16BrClO5. The van der Waals surface area contributed by atoms with Crippen LogP contribution < -0.4 is 14.2 Å². The fourth-order valence-electron chi connectivity index (χ4n) is 3.46. The molecule has 3 aromatic rings. The highest BCUT2D eigenvalue weighted by Gasteiger charge is 2.28. The van der Waals surface area contributed by atoms with E-state index in [0.717, 1.165) is 15.6 Å². The normalized spacial score (nSPS) is 15.8. The molecule has 3 aromatic carbocycles. The molecule has 0 N–H and O–H groups in total. The number of benzene rings is 3. The highest BCUT2D eigenvalue weighted by Crippen LogP contribution is 2.38. The lowest BCUT2D eigenvalue weighted by Gasteiger charge is -2.20. The number of fused-ring (bicyclic) bond motifs is 2. The number of ketones is 1. The Balaban J connectivity index is 1.38. The SMILES string of the molecule is O=C1C(=Cc2cc(Cl)cc3c2OCOC3)Oc2cc(OCc3ccc(Br)cc3)ccc21. The second kappa shape index (κ2) is 8.38. The van der Waals surface area contributed by atoms with E-state index >= 15 is 0 Å². The maximum Gasteiger partial charge on any atom is 0.231 e. The summed E-state index contributed by atoms with van der Waals surface area (Å²) in [6.07, 6.45) is 1.65. The van der Waals surface area contributed by atoms with Gasteiger partial charge in [-0.15, -0.1) is 0 Å². The second-order valence-corrected chi connectivity index (χ2v) is 8.46. The summed E-state index contributed by atoms with van der Waals surface area (Å²) >= 11 is 9.64. The molecule has 0 bridgehead atoms. The lowest BCUT2D eigenvalue weighted by atomic mass is 10.1. The standard InChI is InChI=1S/C24H16BrClO5/c25-17-3-1-14(2-4-17)11-29-19-5-6-20-21(10-19)31-22(23(20)27)9-15-7-18(26)8-16-12-28-13-30-24(15)16/h1-10H,11-13H2. The lowest BCUT2D eigenvalue weighted by molar-refractivity contribution is -0.0165. The summed E-state index contributed by atoms with van der Waals surface area (Å²) in [6.45, 7) is 0.968. The fourth-order valence-corrected chi connectivity index (χ4v) is 3.97. The Bertz CT molecular complexity index is 1200. The van der Waals surface area contributed by atoms with Gasteiger partial charge in [0, 0.05) is 26.7 Å². The molecule has 0 aromatic heterocycles. The molecule has 0 saturated heterocycles. The first kappa shape index (κ1) is 20.1. The van der Waals surface area contributed by atoms with Crippen LogP contribution in [0.5, 0.6) is 17.2 Å². The van der Waals surface area contributed by atoms with Crippen LogP contribution in [0.25, 0.3) is 6.08 Å². The van der Waals surface area contributed by atoms with Gasteiger partial charge in [0.25, 0.3) is 0 Å². The van der Waals surface area contributed by atoms with Crippen molar-refractivity contribution in [1.82, 2.24) is 0 Å². The number of halogens is 2. The van der Waals surface area contributed by atoms with Crippen molar-refractivity contribution in [2.45, 2.75) is 13.2 Å². The monoisotopic (exact) mass is 498 g/mol. The van der Waals surface area contributed by atoms with Gasteiger partial charge in [-0.2, -0.15) is 0 Å². The molecule has 2 aliphatic heterocycles. The zero-order valence-corrected chi connectivity index (χ0v) is 18.5. The van der Waals surface area contributed by atoms with Crippen LogP contribution in [0.1, 0.15) is 27.0 Å². The predicted octanol–water partition coefficient (Wildman–Crippen LogP) is 6.16. The van der Waals surface area contributed by atoms with Crippen molar-refractivity contribution in [3.05, 3.63) is 92.1 Å². The number of carbonyl (C=O) groups is 1. The maximum atomic E-state index is 12.8. The number of ether oxygens (including phenoxy) is 4. The summed E-state index contributed by atoms with van der Waals surface area (Å²) in [5, 5.41) is 0.534. The quantitative estimate of drug-likeness (QED) is 0.402. The van der Waals surface area contributed by atoms with Crippen LogP contribution in [-0.2, 0) is 18.0 Å². The van der Waals surface area contributed by atoms with Gasteiger partial charge < -0.3 is 18.9 Å². The van der Waals surface area contributed by atoms with E-state index in [-0.39, 0.29) is 18.3 Å². The first-order chi connectivity index (χ1) is 15.1. The number of Topliss-reactive ketones (excluding diaryl/α,β-unsaturated/α-hetero) is 1. The van der Waals surface area contributed by atoms with Gasteiger partial charge in [-0.1, -0.05) is 39.7 Å². The zero-order valence-electron chi connectivity index (χ0n) is 16.2. The van der Waals surface area contributed by atoms with E-state index in [0.29, 0.717) is 46.6 Å². The smallest absolute Gasteiger partial charge is 0.231 e. The molecule has 0 aliphatic carbocycles. The molecule has 5 nitrogen and oxygen atoms in total. The minimum atomic E-state index is -0.199. The van der Waals surface area contributed by atoms with E-state index in [2.05, 4.69) is 15.9 Å². The Hall–Kier alpha value is -2.80. The van der Waals surface area contributed by atoms with E-state index in [1.807, 2.05) is 24.3 Å². The van der Waals surface area contributed by atoms with E-state index in [9.17, 15) is 4.79 Å². The van der Waals surface area contributed by atoms with Crippen LogP contribution in [0.15, 0.2) is 64.8 Å². The lowest BCUT2D eigenvalue weighted by Crippen LogP contribution is -2.12. The van der Waals surface area contributed by atoms with Gasteiger partial charge in [-0.3, -0.25) is 4.79 Å². The van der Waals surface area contributed by atoms with Crippen LogP contribution in [0.4, 0.5) is 0 Å². The third kappa shape index (κ3) is 4.19. The van der Waals surface area contributed by atoms with Gasteiger partial charge in [0.05, 0.1) is 12.2 Å². The first-order valence-electron chi connectivity index (χ1n) is 9.55. The van der Waals surface area contributed by atoms with Crippen molar-refractivity contribution in [2.24, 2.45) is 0 Å². The highest BCUT2D eigenvalue weighted by molar-refractivity contribution is 9.10. The number of carbonyl (C=O) groups excluding carboxylic acids is 1. The van der Waals surface area contributed by atoms with Crippen LogP contribution in [0.2, 0.25) is 5.02 Å². The van der Waals surface area contributed by atoms with Crippen molar-refractivity contribution >= 4 is 39.4 Å². The molecule has 0 spiro atoms. The van der Waals surface area contributed by atoms with Crippen molar-refractivity contribution in [3.63, 3.8) is 0 Å². The van der Waals surface area contributed by atoms with Gasteiger partial charge >= 0.3 is 0 Å². The minimum absolute atomic E-state index is 0.152. The van der Waals surface area contributed by atoms with Crippen molar-refractivity contribution in [3.8, 4) is 17.2 Å². The Morgan fingerprint density at radius 3 is 2.77 bits per heavy atom. The van der Waals surface area contributed by atoms with Crippen LogP contribution in [0.3, 0.4) is 0 Å². The Kier molecular flexibility index (Phi) is 5.44. The summed E-state index contributed by atoms with van der Waals surface area (Å²) in [4.78, 5) is 12.8. The topological polar surface area (TPSA) is 54.0 Å². The molecule has 7 heteroatoms. The molecule has 0 saturated carbocycles. The van der Waals surface area contributed by atoms with Gasteiger partial charge in [0.1, 0.15) is 23.9 Å². The molecule has 2 aliphatic rings. The second-order valence-electron chi connectivity index (χ2n) is 7.11. The molecule has 31 heavy (non-hydrogen) atoms. The molecule has 5 rings (SSSR count). The van der Waals surface area contributed by atoms with Gasteiger partial charge in [-0.05, 0) is 48.0 Å². The molecule has 0 fully saturated rings. The highest BCUT2D eigenvalue weighted by atomic mass is 79.9. The van der Waals surface area contributed by atoms with Crippen molar-refractivity contribution < 1.29 is 23.7 Å². The third-order valence-electron chi connectivity index (χ3n) is 4.95. The molecule has 0 unspecified atom stereocenters. The van der Waals surface area contributed by atoms with E-state index in [1.54, 1.807) is 36.4 Å². The number of hydrogen-bond donors (Lipinski definition) is 0. The summed E-state index contributed by atoms with van der Waals surface area (Å²) in [7, 11) is 0. The summed E-state index contributed by atoms with van der Waals surface area (Å²) in [6, 6.07) is 16.6. The summed E-state index contributed by atoms with van der Waals surface area (Å²) in [5.74, 6) is 1.74. The van der Waals surface area contributed by atoms with E-state index in [1.165, 1.54) is 0 Å². The Morgan fingerprint density at radius 1 is 1.10 bits per heavy atom. The number of allylic oxidation sites excluding steroid dienone is 1. The maximum absolute atomic E-state index is 12.8. The largest absolute Gasteiger partial charge is 0.489 e. The Morgan fingerprint density at radius 2 is 1.94 bits per heavy atom. The predicted molar refractivity (Wildman–Crippen MR) is 120 cm³/mol. The molecular weight excluding hydrogens is 484 g/mol. The third-order valence-corrected chi connectivity index (χ3v) is 5.70. The molecule has 0 amide bonds. The van der Waals surface area contributed by atoms with Crippen LogP contribution in [-0.4, -0.2) is 12.6 Å². The van der Waals surface area contributed by atoms with E-state index < -0.39 is 0 Å². The van der Waals surface area contributed by atoms with Crippen molar-refractivity contribution in [1.29, 1.82) is 0 Å². The Labute approximate surface area is 192 Å². The first-order valence-corrected chi connectivity index (χ1v) is 10.7. The molecule has 2 heterocycles.